The van der Waals surface area contributed by atoms with Gasteiger partial charge in [-0.3, -0.25) is 14.9 Å². The number of carbonyl (C=O) groups is 1. The fourth-order valence-corrected chi connectivity index (χ4v) is 3.06. The second-order valence-corrected chi connectivity index (χ2v) is 7.88. The fraction of sp³-hybridized carbons (Fsp3) is 0.316. The van der Waals surface area contributed by atoms with Crippen molar-refractivity contribution in [3.05, 3.63) is 63.7 Å². The quantitative estimate of drug-likeness (QED) is 0.454. The molecule has 2 aromatic carbocycles. The van der Waals surface area contributed by atoms with E-state index in [1.165, 1.54) is 0 Å². The van der Waals surface area contributed by atoms with Crippen LogP contribution in [0.2, 0.25) is 0 Å². The molecular formula is C19H22N2O3S. The molecule has 2 aromatic rings. The second-order valence-electron chi connectivity index (χ2n) is 6.87. The second kappa shape index (κ2) is 7.70. The lowest BCUT2D eigenvalue weighted by Crippen LogP contribution is -2.27. The number of aryl methyl sites for hydroxylation is 1. The number of nitrogens with zero attached hydrogens (tertiary/aromatic N) is 1. The van der Waals surface area contributed by atoms with E-state index in [9.17, 15) is 14.9 Å². The molecular weight excluding hydrogens is 336 g/mol. The van der Waals surface area contributed by atoms with Crippen molar-refractivity contribution in [3.8, 4) is 0 Å². The summed E-state index contributed by atoms with van der Waals surface area (Å²) >= 11 is 1.54. The number of nitrogens with one attached hydrogen (secondary N) is 1. The first kappa shape index (κ1) is 19.0. The summed E-state index contributed by atoms with van der Waals surface area (Å²) in [5.41, 5.74) is 1.94. The predicted molar refractivity (Wildman–Crippen MR) is 102 cm³/mol. The van der Waals surface area contributed by atoms with E-state index in [0.717, 1.165) is 16.1 Å². The van der Waals surface area contributed by atoms with Gasteiger partial charge in [0.2, 0.25) is 5.91 Å². The number of rotatable bonds is 5. The van der Waals surface area contributed by atoms with E-state index < -0.39 is 5.41 Å². The minimum absolute atomic E-state index is 0.0495. The first-order chi connectivity index (χ1) is 11.7. The molecule has 1 amide bonds. The Bertz CT molecular complexity index is 797. The first-order valence-electron chi connectivity index (χ1n) is 7.95. The van der Waals surface area contributed by atoms with Crippen LogP contribution < -0.4 is 5.32 Å². The molecule has 0 heterocycles. The van der Waals surface area contributed by atoms with Crippen LogP contribution >= 0.6 is 11.8 Å². The Balaban J connectivity index is 2.15. The van der Waals surface area contributed by atoms with Gasteiger partial charge >= 0.3 is 0 Å². The zero-order chi connectivity index (χ0) is 18.6. The highest BCUT2D eigenvalue weighted by Gasteiger charge is 2.22. The van der Waals surface area contributed by atoms with Gasteiger partial charge in [-0.05, 0) is 24.6 Å². The lowest BCUT2D eigenvalue weighted by molar-refractivity contribution is -0.385. The van der Waals surface area contributed by atoms with E-state index in [1.807, 2.05) is 51.1 Å². The Kier molecular flexibility index (Phi) is 5.85. The number of hydrogen-bond donors (Lipinski definition) is 1. The van der Waals surface area contributed by atoms with Crippen LogP contribution in [0.25, 0.3) is 0 Å². The normalized spacial score (nSPS) is 11.2. The summed E-state index contributed by atoms with van der Waals surface area (Å²) in [5, 5.41) is 14.0. The van der Waals surface area contributed by atoms with E-state index in [1.54, 1.807) is 30.8 Å². The number of anilines is 1. The summed E-state index contributed by atoms with van der Waals surface area (Å²) in [4.78, 5) is 23.9. The van der Waals surface area contributed by atoms with Crippen molar-refractivity contribution in [2.24, 2.45) is 5.41 Å². The maximum absolute atomic E-state index is 12.2. The minimum atomic E-state index is -0.477. The standard InChI is InChI=1S/C19H22N2O3S/c1-13-9-10-14(11-16(13)21(23)24)12-25-17-8-6-5-7-15(17)20-18(22)19(2,3)4/h5-11H,12H2,1-4H3,(H,20,22). The molecule has 25 heavy (non-hydrogen) atoms. The third-order valence-corrected chi connectivity index (χ3v) is 4.83. The van der Waals surface area contributed by atoms with Crippen LogP contribution in [0.3, 0.4) is 0 Å². The molecule has 1 N–H and O–H groups in total. The van der Waals surface area contributed by atoms with Crippen LogP contribution in [0.1, 0.15) is 31.9 Å². The van der Waals surface area contributed by atoms with E-state index >= 15 is 0 Å². The highest BCUT2D eigenvalue weighted by molar-refractivity contribution is 7.98. The van der Waals surface area contributed by atoms with Gasteiger partial charge in [-0.2, -0.15) is 0 Å². The molecule has 0 atom stereocenters. The van der Waals surface area contributed by atoms with Crippen molar-refractivity contribution in [1.82, 2.24) is 0 Å². The molecule has 6 heteroatoms. The number of benzene rings is 2. The molecule has 5 nitrogen and oxygen atoms in total. The number of carbonyl (C=O) groups excluding carboxylic acids is 1. The van der Waals surface area contributed by atoms with Gasteiger partial charge in [-0.1, -0.05) is 45.0 Å². The fourth-order valence-electron chi connectivity index (χ4n) is 2.11. The molecule has 0 aromatic heterocycles. The van der Waals surface area contributed by atoms with Gasteiger partial charge in [0.05, 0.1) is 10.6 Å². The number of thioether (sulfide) groups is 1. The highest BCUT2D eigenvalue weighted by Crippen LogP contribution is 2.32. The smallest absolute Gasteiger partial charge is 0.272 e. The molecule has 0 unspecified atom stereocenters. The molecule has 0 saturated carbocycles. The number of para-hydroxylation sites is 1. The molecule has 0 aliphatic carbocycles. The third-order valence-electron chi connectivity index (χ3n) is 3.68. The molecule has 0 bridgehead atoms. The van der Waals surface area contributed by atoms with Crippen LogP contribution in [0.15, 0.2) is 47.4 Å². The Morgan fingerprint density at radius 3 is 2.52 bits per heavy atom. The Hall–Kier alpha value is -2.34. The average Bonchev–Trinajstić information content (AvgIpc) is 2.54. The maximum Gasteiger partial charge on any atom is 0.272 e. The average molecular weight is 358 g/mol. The van der Waals surface area contributed by atoms with E-state index in [4.69, 9.17) is 0 Å². The number of amides is 1. The summed E-state index contributed by atoms with van der Waals surface area (Å²) in [6.07, 6.45) is 0. The van der Waals surface area contributed by atoms with Gasteiger partial charge in [0, 0.05) is 27.7 Å². The molecule has 0 radical (unpaired) electrons. The topological polar surface area (TPSA) is 72.2 Å². The van der Waals surface area contributed by atoms with Crippen LogP contribution in [-0.2, 0) is 10.5 Å². The molecule has 0 aliphatic heterocycles. The van der Waals surface area contributed by atoms with Crippen molar-refractivity contribution in [2.75, 3.05) is 5.32 Å². The van der Waals surface area contributed by atoms with Crippen molar-refractivity contribution >= 4 is 29.0 Å². The summed E-state index contributed by atoms with van der Waals surface area (Å²) in [7, 11) is 0. The number of nitro groups is 1. The SMILES string of the molecule is Cc1ccc(CSc2ccccc2NC(=O)C(C)(C)C)cc1[N+](=O)[O-]. The summed E-state index contributed by atoms with van der Waals surface area (Å²) in [6.45, 7) is 7.32. The Labute approximate surface area is 152 Å². The zero-order valence-corrected chi connectivity index (χ0v) is 15.6. The molecule has 0 fully saturated rings. The Morgan fingerprint density at radius 2 is 1.88 bits per heavy atom. The van der Waals surface area contributed by atoms with Crippen molar-refractivity contribution in [3.63, 3.8) is 0 Å². The molecule has 132 valence electrons. The largest absolute Gasteiger partial charge is 0.325 e. The van der Waals surface area contributed by atoms with Gasteiger partial charge in [-0.15, -0.1) is 11.8 Å². The highest BCUT2D eigenvalue weighted by atomic mass is 32.2. The lowest BCUT2D eigenvalue weighted by Gasteiger charge is -2.19. The summed E-state index contributed by atoms with van der Waals surface area (Å²) < 4.78 is 0. The molecule has 0 spiro atoms. The summed E-state index contributed by atoms with van der Waals surface area (Å²) in [5.74, 6) is 0.537. The van der Waals surface area contributed by atoms with Gasteiger partial charge in [-0.25, -0.2) is 0 Å². The van der Waals surface area contributed by atoms with E-state index in [2.05, 4.69) is 5.32 Å². The predicted octanol–water partition coefficient (Wildman–Crippen LogP) is 5.18. The summed E-state index contributed by atoms with van der Waals surface area (Å²) in [6, 6.07) is 12.9. The van der Waals surface area contributed by atoms with Crippen molar-refractivity contribution in [2.45, 2.75) is 38.3 Å². The first-order valence-corrected chi connectivity index (χ1v) is 8.94. The van der Waals surface area contributed by atoms with Crippen LogP contribution in [-0.4, -0.2) is 10.8 Å². The van der Waals surface area contributed by atoms with Gasteiger partial charge in [0.15, 0.2) is 0 Å². The number of hydrogen-bond acceptors (Lipinski definition) is 4. The molecule has 0 saturated heterocycles. The van der Waals surface area contributed by atoms with Crippen molar-refractivity contribution < 1.29 is 9.72 Å². The Morgan fingerprint density at radius 1 is 1.20 bits per heavy atom. The minimum Gasteiger partial charge on any atom is -0.325 e. The number of nitro benzene ring substituents is 1. The maximum atomic E-state index is 12.2. The monoisotopic (exact) mass is 358 g/mol. The van der Waals surface area contributed by atoms with Crippen LogP contribution in [0.4, 0.5) is 11.4 Å². The van der Waals surface area contributed by atoms with Gasteiger partial charge in [0.25, 0.3) is 5.69 Å². The van der Waals surface area contributed by atoms with Gasteiger partial charge in [0.1, 0.15) is 0 Å². The van der Waals surface area contributed by atoms with E-state index in [0.29, 0.717) is 11.3 Å². The van der Waals surface area contributed by atoms with Crippen LogP contribution in [0, 0.1) is 22.5 Å². The molecule has 0 aliphatic rings. The lowest BCUT2D eigenvalue weighted by atomic mass is 9.95. The van der Waals surface area contributed by atoms with Crippen LogP contribution in [0.5, 0.6) is 0 Å². The van der Waals surface area contributed by atoms with Crippen molar-refractivity contribution in [1.29, 1.82) is 0 Å². The molecule has 2 rings (SSSR count). The third kappa shape index (κ3) is 5.06. The van der Waals surface area contributed by atoms with Gasteiger partial charge < -0.3 is 5.32 Å². The zero-order valence-electron chi connectivity index (χ0n) is 14.8. The van der Waals surface area contributed by atoms with E-state index in [-0.39, 0.29) is 16.5 Å².